The Labute approximate surface area is 240 Å². The number of thiophene rings is 1. The zero-order valence-electron chi connectivity index (χ0n) is 23.4. The lowest BCUT2D eigenvalue weighted by molar-refractivity contribution is -0.146. The predicted octanol–water partition coefficient (Wildman–Crippen LogP) is 3.85. The maximum absolute atomic E-state index is 14.3. The number of ether oxygens (including phenoxy) is 4. The van der Waals surface area contributed by atoms with Crippen LogP contribution >= 0.6 is 11.3 Å². The molecule has 4 heterocycles. The van der Waals surface area contributed by atoms with Crippen molar-refractivity contribution < 1.29 is 23.7 Å². The lowest BCUT2D eigenvalue weighted by Gasteiger charge is -2.29. The first-order chi connectivity index (χ1) is 19.9. The van der Waals surface area contributed by atoms with E-state index in [1.165, 1.54) is 18.4 Å². The normalized spacial score (nSPS) is 18.9. The van der Waals surface area contributed by atoms with Gasteiger partial charge >= 0.3 is 11.7 Å². The average molecular weight is 580 g/mol. The summed E-state index contributed by atoms with van der Waals surface area (Å²) in [5, 5.41) is 0.416. The van der Waals surface area contributed by atoms with Crippen LogP contribution in [0.25, 0.3) is 10.2 Å². The second-order valence-corrected chi connectivity index (χ2v) is 11.6. The van der Waals surface area contributed by atoms with Crippen LogP contribution in [0, 0.1) is 6.92 Å². The van der Waals surface area contributed by atoms with Gasteiger partial charge in [-0.25, -0.2) is 14.2 Å². The third-order valence-corrected chi connectivity index (χ3v) is 9.56. The van der Waals surface area contributed by atoms with Gasteiger partial charge in [0.2, 0.25) is 0 Å². The number of methoxy groups -OCH3 is 2. The second kappa shape index (κ2) is 11.0. The van der Waals surface area contributed by atoms with E-state index in [0.717, 1.165) is 39.1 Å². The molecule has 0 spiro atoms. The highest BCUT2D eigenvalue weighted by molar-refractivity contribution is 7.20. The van der Waals surface area contributed by atoms with Crippen LogP contribution in [0.15, 0.2) is 51.1 Å². The van der Waals surface area contributed by atoms with Crippen LogP contribution in [0.2, 0.25) is 0 Å². The summed E-state index contributed by atoms with van der Waals surface area (Å²) in [6, 6.07) is 7.59. The Morgan fingerprint density at radius 1 is 1.20 bits per heavy atom. The number of aromatic nitrogens is 2. The number of carbonyl (C=O) groups excluding carboxylic acids is 1. The predicted molar refractivity (Wildman–Crippen MR) is 155 cm³/mol. The fourth-order valence-electron chi connectivity index (χ4n) is 5.86. The van der Waals surface area contributed by atoms with Crippen LogP contribution in [-0.4, -0.2) is 54.4 Å². The minimum Gasteiger partial charge on any atom is -0.496 e. The van der Waals surface area contributed by atoms with Gasteiger partial charge in [-0.05, 0) is 44.2 Å². The standard InChI is InChI=1S/C30H33N3O7S/c1-18-24-26(34)33(30(12-13-30)28(35)38-3)29(36)32(27(24)41-25(18)21-8-6-14-31-21)17-23(40-19-10-15-39-16-11-19)20-7-4-5-9-22(20)37-2/h4-7,9,14,19,23H,8,10-13,15-17H2,1-3H3. The van der Waals surface area contributed by atoms with Gasteiger partial charge in [0.05, 0.1) is 42.8 Å². The molecule has 10 nitrogen and oxygen atoms in total. The summed E-state index contributed by atoms with van der Waals surface area (Å²) in [7, 11) is 2.89. The molecule has 0 N–H and O–H groups in total. The van der Waals surface area contributed by atoms with E-state index in [0.29, 0.717) is 48.4 Å². The molecule has 0 radical (unpaired) electrons. The van der Waals surface area contributed by atoms with Crippen LogP contribution in [0.3, 0.4) is 0 Å². The summed E-state index contributed by atoms with van der Waals surface area (Å²) in [4.78, 5) is 47.2. The van der Waals surface area contributed by atoms with Crippen LogP contribution in [0.1, 0.15) is 54.2 Å². The number of esters is 1. The number of aryl methyl sites for hydroxylation is 1. The highest BCUT2D eigenvalue weighted by Gasteiger charge is 2.55. The number of benzene rings is 1. The van der Waals surface area contributed by atoms with E-state index in [9.17, 15) is 14.4 Å². The first kappa shape index (κ1) is 27.6. The van der Waals surface area contributed by atoms with Crippen LogP contribution in [0.5, 0.6) is 5.75 Å². The van der Waals surface area contributed by atoms with Gasteiger partial charge in [-0.3, -0.25) is 14.4 Å². The summed E-state index contributed by atoms with van der Waals surface area (Å²) in [5.74, 6) is 0.0599. The van der Waals surface area contributed by atoms with Crippen LogP contribution < -0.4 is 16.0 Å². The first-order valence-electron chi connectivity index (χ1n) is 13.9. The fourth-order valence-corrected chi connectivity index (χ4v) is 7.16. The molecule has 41 heavy (non-hydrogen) atoms. The number of aliphatic imine (C=N–C) groups is 1. The van der Waals surface area contributed by atoms with Crippen LogP contribution in [-0.2, 0) is 31.1 Å². The highest BCUT2D eigenvalue weighted by atomic mass is 32.1. The highest BCUT2D eigenvalue weighted by Crippen LogP contribution is 2.44. The Morgan fingerprint density at radius 2 is 1.95 bits per heavy atom. The van der Waals surface area contributed by atoms with E-state index in [4.69, 9.17) is 18.9 Å². The van der Waals surface area contributed by atoms with Crippen molar-refractivity contribution in [3.05, 3.63) is 73.4 Å². The van der Waals surface area contributed by atoms with Crippen molar-refractivity contribution in [3.8, 4) is 5.75 Å². The van der Waals surface area contributed by atoms with E-state index in [2.05, 4.69) is 4.99 Å². The van der Waals surface area contributed by atoms with Gasteiger partial charge in [0.1, 0.15) is 22.2 Å². The zero-order valence-corrected chi connectivity index (χ0v) is 24.2. The van der Waals surface area contributed by atoms with Crippen molar-refractivity contribution in [2.45, 2.75) is 63.3 Å². The molecule has 2 fully saturated rings. The number of carbonyl (C=O) groups is 1. The molecular formula is C30H33N3O7S. The zero-order chi connectivity index (χ0) is 28.7. The Balaban J connectivity index is 1.56. The van der Waals surface area contributed by atoms with E-state index in [-0.39, 0.29) is 12.6 Å². The van der Waals surface area contributed by atoms with Crippen molar-refractivity contribution in [2.75, 3.05) is 27.4 Å². The number of para-hydroxylation sites is 1. The average Bonchev–Trinajstić information content (AvgIpc) is 3.44. The Kier molecular flexibility index (Phi) is 7.43. The monoisotopic (exact) mass is 579 g/mol. The van der Waals surface area contributed by atoms with Gasteiger partial charge in [-0.15, -0.1) is 11.3 Å². The van der Waals surface area contributed by atoms with Gasteiger partial charge in [-0.2, -0.15) is 0 Å². The second-order valence-electron chi connectivity index (χ2n) is 10.6. The summed E-state index contributed by atoms with van der Waals surface area (Å²) in [6.07, 6.45) is 5.91. The molecule has 1 unspecified atom stereocenters. The van der Waals surface area contributed by atoms with Gasteiger partial charge < -0.3 is 18.9 Å². The summed E-state index contributed by atoms with van der Waals surface area (Å²) >= 11 is 1.38. The molecule has 2 aliphatic heterocycles. The molecule has 1 aliphatic carbocycles. The van der Waals surface area contributed by atoms with Gasteiger partial charge in [0, 0.05) is 31.4 Å². The molecule has 11 heteroatoms. The number of fused-ring (bicyclic) bond motifs is 1. The SMILES string of the molecule is COC(=O)C1(n2c(=O)c3c(C)c(C4=NC=CC4)sc3n(CC(OC3CCOCC3)c3ccccc3OC)c2=O)CC1. The maximum Gasteiger partial charge on any atom is 0.333 e. The Morgan fingerprint density at radius 3 is 2.61 bits per heavy atom. The molecule has 1 saturated heterocycles. The molecular weight excluding hydrogens is 546 g/mol. The van der Waals surface area contributed by atoms with Gasteiger partial charge in [0.15, 0.2) is 0 Å². The molecule has 6 rings (SSSR count). The maximum atomic E-state index is 14.3. The minimum absolute atomic E-state index is 0.0693. The minimum atomic E-state index is -1.30. The summed E-state index contributed by atoms with van der Waals surface area (Å²) in [6.45, 7) is 3.20. The summed E-state index contributed by atoms with van der Waals surface area (Å²) < 4.78 is 25.7. The molecule has 0 amide bonds. The van der Waals surface area contributed by atoms with E-state index in [1.807, 2.05) is 37.3 Å². The van der Waals surface area contributed by atoms with Gasteiger partial charge in [0.25, 0.3) is 5.56 Å². The lowest BCUT2D eigenvalue weighted by Crippen LogP contribution is -2.49. The lowest BCUT2D eigenvalue weighted by atomic mass is 10.1. The van der Waals surface area contributed by atoms with Crippen molar-refractivity contribution in [1.82, 2.24) is 9.13 Å². The molecule has 216 valence electrons. The van der Waals surface area contributed by atoms with Crippen molar-refractivity contribution >= 4 is 33.2 Å². The number of nitrogens with zero attached hydrogens (tertiary/aromatic N) is 3. The van der Waals surface area contributed by atoms with Gasteiger partial charge in [-0.1, -0.05) is 24.3 Å². The van der Waals surface area contributed by atoms with E-state index >= 15 is 0 Å². The number of hydrogen-bond acceptors (Lipinski definition) is 9. The quantitative estimate of drug-likeness (QED) is 0.354. The molecule has 3 aliphatic rings. The van der Waals surface area contributed by atoms with Crippen LogP contribution in [0.4, 0.5) is 0 Å². The molecule has 1 aromatic carbocycles. The fraction of sp³-hybridized carbons (Fsp3) is 0.467. The van der Waals surface area contributed by atoms with E-state index in [1.54, 1.807) is 17.9 Å². The van der Waals surface area contributed by atoms with Crippen molar-refractivity contribution in [2.24, 2.45) is 4.99 Å². The number of allylic oxidation sites excluding steroid dienone is 1. The first-order valence-corrected chi connectivity index (χ1v) is 14.7. The largest absolute Gasteiger partial charge is 0.496 e. The summed E-state index contributed by atoms with van der Waals surface area (Å²) in [5.41, 5.74) is 0.0602. The van der Waals surface area contributed by atoms with Crippen molar-refractivity contribution in [1.29, 1.82) is 0 Å². The molecule has 0 bridgehead atoms. The number of rotatable bonds is 9. The van der Waals surface area contributed by atoms with Crippen molar-refractivity contribution in [3.63, 3.8) is 0 Å². The van der Waals surface area contributed by atoms with E-state index < -0.39 is 28.9 Å². The topological polar surface area (TPSA) is 110 Å². The third-order valence-electron chi connectivity index (χ3n) is 8.20. The Hall–Kier alpha value is -3.54. The smallest absolute Gasteiger partial charge is 0.333 e. The molecule has 3 aromatic rings. The third kappa shape index (κ3) is 4.75. The Bertz CT molecular complexity index is 1670. The number of hydrogen-bond donors (Lipinski definition) is 0. The molecule has 1 atom stereocenters. The molecule has 2 aromatic heterocycles. The molecule has 1 saturated carbocycles.